The number of Topliss-reactive ketones (excluding diaryl/α,β-unsaturated/α-hetero) is 1. The molecule has 1 aliphatic rings. The molecule has 3 nitrogen and oxygen atoms in total. The lowest BCUT2D eigenvalue weighted by Gasteiger charge is -2.18. The highest BCUT2D eigenvalue weighted by Crippen LogP contribution is 2.15. The van der Waals surface area contributed by atoms with E-state index in [4.69, 9.17) is 4.74 Å². The van der Waals surface area contributed by atoms with Gasteiger partial charge in [-0.05, 0) is 44.3 Å². The molecule has 0 unspecified atom stereocenters. The van der Waals surface area contributed by atoms with Crippen LogP contribution in [0.25, 0.3) is 0 Å². The molecular weight excluding hydrogens is 228 g/mol. The third-order valence-electron chi connectivity index (χ3n) is 3.10. The van der Waals surface area contributed by atoms with Crippen LogP contribution >= 0.6 is 0 Å². The molecule has 0 aromatic carbocycles. The van der Waals surface area contributed by atoms with E-state index in [0.717, 1.165) is 24.0 Å². The molecule has 0 amide bonds. The first-order chi connectivity index (χ1) is 8.41. The monoisotopic (exact) mass is 250 g/mol. The van der Waals surface area contributed by atoms with E-state index in [1.54, 1.807) is 13.0 Å². The number of ketones is 2. The Morgan fingerprint density at radius 3 is 2.56 bits per heavy atom. The van der Waals surface area contributed by atoms with Crippen molar-refractivity contribution in [1.29, 1.82) is 0 Å². The molecule has 1 atom stereocenters. The minimum atomic E-state index is -0.519. The first kappa shape index (κ1) is 14.8. The number of carbonyl (C=O) groups is 2. The molecule has 0 fully saturated rings. The Bertz CT molecular complexity index is 389. The lowest BCUT2D eigenvalue weighted by molar-refractivity contribution is -0.133. The summed E-state index contributed by atoms with van der Waals surface area (Å²) in [6.07, 6.45) is 4.66. The fourth-order valence-electron chi connectivity index (χ4n) is 1.91. The Balaban J connectivity index is 2.94. The summed E-state index contributed by atoms with van der Waals surface area (Å²) in [7, 11) is 0. The van der Waals surface area contributed by atoms with E-state index in [-0.39, 0.29) is 24.1 Å². The fourth-order valence-corrected chi connectivity index (χ4v) is 1.91. The van der Waals surface area contributed by atoms with Gasteiger partial charge in [0.05, 0.1) is 0 Å². The van der Waals surface area contributed by atoms with Crippen molar-refractivity contribution in [2.75, 3.05) is 6.61 Å². The summed E-state index contributed by atoms with van der Waals surface area (Å²) in [5.74, 6) is 0.00208. The summed E-state index contributed by atoms with van der Waals surface area (Å²) in [5.41, 5.74) is 1.76. The molecular formula is C15H22O3. The zero-order valence-electron chi connectivity index (χ0n) is 11.7. The van der Waals surface area contributed by atoms with Gasteiger partial charge in [0.2, 0.25) is 0 Å². The van der Waals surface area contributed by atoms with Crippen LogP contribution in [0, 0.1) is 5.92 Å². The van der Waals surface area contributed by atoms with Gasteiger partial charge in [0.15, 0.2) is 11.6 Å². The van der Waals surface area contributed by atoms with Crippen LogP contribution in [-0.2, 0) is 14.3 Å². The second-order valence-corrected chi connectivity index (χ2v) is 5.22. The summed E-state index contributed by atoms with van der Waals surface area (Å²) >= 11 is 0. The molecule has 3 heteroatoms. The Labute approximate surface area is 109 Å². The molecule has 0 bridgehead atoms. The second-order valence-electron chi connectivity index (χ2n) is 5.22. The zero-order chi connectivity index (χ0) is 13.7. The Morgan fingerprint density at radius 2 is 1.94 bits per heavy atom. The quantitative estimate of drug-likeness (QED) is 0.718. The van der Waals surface area contributed by atoms with E-state index in [1.807, 2.05) is 26.8 Å². The summed E-state index contributed by atoms with van der Waals surface area (Å²) in [5, 5.41) is 0. The van der Waals surface area contributed by atoms with Crippen LogP contribution in [0.2, 0.25) is 0 Å². The Kier molecular flexibility index (Phi) is 5.48. The zero-order valence-corrected chi connectivity index (χ0v) is 11.7. The molecule has 18 heavy (non-hydrogen) atoms. The maximum absolute atomic E-state index is 12.1. The minimum Gasteiger partial charge on any atom is -0.362 e. The maximum Gasteiger partial charge on any atom is 0.184 e. The van der Waals surface area contributed by atoms with Gasteiger partial charge < -0.3 is 4.74 Å². The van der Waals surface area contributed by atoms with Crippen LogP contribution in [0.1, 0.15) is 40.5 Å². The van der Waals surface area contributed by atoms with Gasteiger partial charge in [-0.25, -0.2) is 0 Å². The lowest BCUT2D eigenvalue weighted by atomic mass is 10.0. The Morgan fingerprint density at radius 1 is 1.28 bits per heavy atom. The number of carbonyl (C=O) groups excluding carboxylic acids is 2. The van der Waals surface area contributed by atoms with Gasteiger partial charge in [0, 0.05) is 0 Å². The average Bonchev–Trinajstić information content (AvgIpc) is 2.28. The second kappa shape index (κ2) is 6.64. The highest BCUT2D eigenvalue weighted by Gasteiger charge is 2.23. The third-order valence-corrected chi connectivity index (χ3v) is 3.10. The molecule has 0 radical (unpaired) electrons. The lowest BCUT2D eigenvalue weighted by Crippen LogP contribution is -2.30. The van der Waals surface area contributed by atoms with Gasteiger partial charge in [-0.1, -0.05) is 25.5 Å². The molecule has 0 saturated carbocycles. The smallest absolute Gasteiger partial charge is 0.184 e. The molecule has 1 rings (SSSR count). The average molecular weight is 250 g/mol. The van der Waals surface area contributed by atoms with E-state index in [2.05, 4.69) is 0 Å². The number of rotatable bonds is 1. The molecule has 0 aliphatic carbocycles. The predicted molar refractivity (Wildman–Crippen MR) is 71.3 cm³/mol. The predicted octanol–water partition coefficient (Wildman–Crippen LogP) is 2.85. The van der Waals surface area contributed by atoms with Gasteiger partial charge in [0.25, 0.3) is 0 Å². The topological polar surface area (TPSA) is 43.4 Å². The molecule has 0 N–H and O–H groups in total. The van der Waals surface area contributed by atoms with Crippen LogP contribution in [-0.4, -0.2) is 24.3 Å². The summed E-state index contributed by atoms with van der Waals surface area (Å²) < 4.78 is 5.49. The van der Waals surface area contributed by atoms with Gasteiger partial charge in [0.1, 0.15) is 12.7 Å². The van der Waals surface area contributed by atoms with Crippen LogP contribution in [0.3, 0.4) is 0 Å². The largest absolute Gasteiger partial charge is 0.362 e. The molecule has 0 saturated heterocycles. The number of allylic oxidation sites excluding steroid dienone is 2. The standard InChI is InChI=1S/C15H22O3/c1-10(2)15-13(16)8-11(3)6-5-7-12(4)14(17)9-18-15/h7-8,10,15H,5-6,9H2,1-4H3/b11-8+,12-7+/t15-/m1/s1. The highest BCUT2D eigenvalue weighted by molar-refractivity contribution is 5.97. The van der Waals surface area contributed by atoms with E-state index >= 15 is 0 Å². The van der Waals surface area contributed by atoms with Gasteiger partial charge >= 0.3 is 0 Å². The van der Waals surface area contributed by atoms with Crippen molar-refractivity contribution in [2.45, 2.75) is 46.6 Å². The summed E-state index contributed by atoms with van der Waals surface area (Å²) in [4.78, 5) is 23.8. The maximum atomic E-state index is 12.1. The normalized spacial score (nSPS) is 29.3. The molecule has 0 aromatic heterocycles. The number of hydrogen-bond donors (Lipinski definition) is 0. The number of hydrogen-bond acceptors (Lipinski definition) is 3. The minimum absolute atomic E-state index is 0.0101. The summed E-state index contributed by atoms with van der Waals surface area (Å²) in [6.45, 7) is 7.59. The van der Waals surface area contributed by atoms with Crippen molar-refractivity contribution in [1.82, 2.24) is 0 Å². The van der Waals surface area contributed by atoms with Crippen molar-refractivity contribution < 1.29 is 14.3 Å². The SMILES string of the molecule is C/C1=C\C(=O)[C@@H](C(C)C)OCC(=O)/C(C)=C/CC1. The van der Waals surface area contributed by atoms with Crippen molar-refractivity contribution in [3.05, 3.63) is 23.3 Å². The third kappa shape index (κ3) is 4.22. The molecule has 100 valence electrons. The fraction of sp³-hybridized carbons (Fsp3) is 0.600. The van der Waals surface area contributed by atoms with Crippen molar-refractivity contribution in [3.63, 3.8) is 0 Å². The summed E-state index contributed by atoms with van der Waals surface area (Å²) in [6, 6.07) is 0. The van der Waals surface area contributed by atoms with Crippen molar-refractivity contribution >= 4 is 11.6 Å². The van der Waals surface area contributed by atoms with Crippen LogP contribution in [0.4, 0.5) is 0 Å². The van der Waals surface area contributed by atoms with E-state index in [0.29, 0.717) is 0 Å². The van der Waals surface area contributed by atoms with E-state index in [1.165, 1.54) is 0 Å². The van der Waals surface area contributed by atoms with Crippen LogP contribution < -0.4 is 0 Å². The molecule has 0 aromatic rings. The van der Waals surface area contributed by atoms with Crippen LogP contribution in [0.15, 0.2) is 23.3 Å². The van der Waals surface area contributed by atoms with Gasteiger partial charge in [-0.2, -0.15) is 0 Å². The first-order valence-corrected chi connectivity index (χ1v) is 6.44. The van der Waals surface area contributed by atoms with E-state index < -0.39 is 6.10 Å². The Hall–Kier alpha value is -1.22. The first-order valence-electron chi connectivity index (χ1n) is 6.44. The van der Waals surface area contributed by atoms with Crippen molar-refractivity contribution in [2.24, 2.45) is 5.92 Å². The van der Waals surface area contributed by atoms with E-state index in [9.17, 15) is 9.59 Å². The molecule has 1 heterocycles. The van der Waals surface area contributed by atoms with Crippen LogP contribution in [0.5, 0.6) is 0 Å². The number of ether oxygens (including phenoxy) is 1. The van der Waals surface area contributed by atoms with Gasteiger partial charge in [-0.3, -0.25) is 9.59 Å². The van der Waals surface area contributed by atoms with Crippen molar-refractivity contribution in [3.8, 4) is 0 Å². The molecule has 1 aliphatic heterocycles. The molecule has 0 spiro atoms. The highest BCUT2D eigenvalue weighted by atomic mass is 16.5. The van der Waals surface area contributed by atoms with Gasteiger partial charge in [-0.15, -0.1) is 0 Å².